The Morgan fingerprint density at radius 1 is 1.43 bits per heavy atom. The second-order valence-electron chi connectivity index (χ2n) is 5.01. The van der Waals surface area contributed by atoms with Crippen molar-refractivity contribution in [3.63, 3.8) is 0 Å². The van der Waals surface area contributed by atoms with Gasteiger partial charge in [0.15, 0.2) is 6.10 Å². The third-order valence-corrected chi connectivity index (χ3v) is 3.75. The number of unbranched alkanes of at least 4 members (excludes halogenated alkanes) is 1. The first-order valence-electron chi connectivity index (χ1n) is 7.44. The maximum atomic E-state index is 12.1. The highest BCUT2D eigenvalue weighted by Gasteiger charge is 2.35. The van der Waals surface area contributed by atoms with Gasteiger partial charge in [-0.05, 0) is 24.9 Å². The molecule has 0 aliphatic carbocycles. The minimum absolute atomic E-state index is 0.194. The molecule has 1 aliphatic rings. The lowest BCUT2D eigenvalue weighted by atomic mass is 10.2. The van der Waals surface area contributed by atoms with E-state index >= 15 is 0 Å². The van der Waals surface area contributed by atoms with Gasteiger partial charge in [0.2, 0.25) is 5.91 Å². The van der Waals surface area contributed by atoms with Gasteiger partial charge in [0.1, 0.15) is 6.04 Å². The standard InChI is InChI=1S/C14H22N2O6S/c1-3-4-6-21-14(20)15-9(5-7-23-2)13(19)22-10-8-11(17)16-12(10)18/h9-10H,3-8H2,1-2H3,(H,15,20)(H,16,17,18)/t9-,10?/m0/s1. The largest absolute Gasteiger partial charge is 0.450 e. The number of ether oxygens (including phenoxy) is 2. The number of imide groups is 1. The molecule has 1 aliphatic heterocycles. The number of thioether (sulfide) groups is 1. The van der Waals surface area contributed by atoms with Crippen LogP contribution in [-0.4, -0.2) is 54.6 Å². The summed E-state index contributed by atoms with van der Waals surface area (Å²) < 4.78 is 9.98. The summed E-state index contributed by atoms with van der Waals surface area (Å²) in [7, 11) is 0. The van der Waals surface area contributed by atoms with Crippen LogP contribution in [0.5, 0.6) is 0 Å². The average molecular weight is 346 g/mol. The number of hydrogen-bond acceptors (Lipinski definition) is 7. The van der Waals surface area contributed by atoms with Crippen molar-refractivity contribution in [1.82, 2.24) is 10.6 Å². The van der Waals surface area contributed by atoms with E-state index in [0.717, 1.165) is 12.8 Å². The number of amides is 3. The summed E-state index contributed by atoms with van der Waals surface area (Å²) in [6.07, 6.45) is 1.79. The molecule has 0 bridgehead atoms. The molecule has 1 fully saturated rings. The molecule has 130 valence electrons. The van der Waals surface area contributed by atoms with E-state index in [1.807, 2.05) is 13.2 Å². The highest BCUT2D eigenvalue weighted by molar-refractivity contribution is 7.98. The van der Waals surface area contributed by atoms with Crippen molar-refractivity contribution < 1.29 is 28.7 Å². The highest BCUT2D eigenvalue weighted by Crippen LogP contribution is 2.10. The van der Waals surface area contributed by atoms with E-state index in [2.05, 4.69) is 10.6 Å². The molecule has 1 saturated heterocycles. The molecular weight excluding hydrogens is 324 g/mol. The summed E-state index contributed by atoms with van der Waals surface area (Å²) in [4.78, 5) is 46.3. The molecule has 8 nitrogen and oxygen atoms in total. The summed E-state index contributed by atoms with van der Waals surface area (Å²) in [5, 5.41) is 4.50. The van der Waals surface area contributed by atoms with Crippen LogP contribution in [0.15, 0.2) is 0 Å². The molecule has 0 spiro atoms. The maximum absolute atomic E-state index is 12.1. The van der Waals surface area contributed by atoms with Crippen molar-refractivity contribution in [2.75, 3.05) is 18.6 Å². The van der Waals surface area contributed by atoms with E-state index in [1.54, 1.807) is 0 Å². The third kappa shape index (κ3) is 6.89. The second-order valence-corrected chi connectivity index (χ2v) is 6.00. The maximum Gasteiger partial charge on any atom is 0.407 e. The Bertz CT molecular complexity index is 457. The summed E-state index contributed by atoms with van der Waals surface area (Å²) in [5.74, 6) is -1.26. The molecule has 3 amide bonds. The molecule has 0 radical (unpaired) electrons. The molecular formula is C14H22N2O6S. The van der Waals surface area contributed by atoms with Gasteiger partial charge in [0.05, 0.1) is 13.0 Å². The van der Waals surface area contributed by atoms with Crippen LogP contribution in [-0.2, 0) is 23.9 Å². The van der Waals surface area contributed by atoms with E-state index in [-0.39, 0.29) is 13.0 Å². The van der Waals surface area contributed by atoms with Crippen molar-refractivity contribution in [2.45, 2.75) is 44.8 Å². The van der Waals surface area contributed by atoms with Crippen molar-refractivity contribution in [2.24, 2.45) is 0 Å². The molecule has 1 rings (SSSR count). The van der Waals surface area contributed by atoms with Crippen molar-refractivity contribution in [3.05, 3.63) is 0 Å². The minimum atomic E-state index is -1.13. The van der Waals surface area contributed by atoms with Crippen LogP contribution in [0.3, 0.4) is 0 Å². The van der Waals surface area contributed by atoms with E-state index < -0.39 is 36.0 Å². The van der Waals surface area contributed by atoms with Crippen molar-refractivity contribution in [3.8, 4) is 0 Å². The van der Waals surface area contributed by atoms with Crippen LogP contribution in [0.4, 0.5) is 4.79 Å². The second kappa shape index (κ2) is 10.1. The monoisotopic (exact) mass is 346 g/mol. The smallest absolute Gasteiger partial charge is 0.407 e. The first-order chi connectivity index (χ1) is 11.0. The fourth-order valence-electron chi connectivity index (χ4n) is 1.83. The van der Waals surface area contributed by atoms with E-state index in [1.165, 1.54) is 11.8 Å². The number of alkyl carbamates (subject to hydrolysis) is 1. The SMILES string of the molecule is CCCCOC(=O)N[C@@H](CCSC)C(=O)OC1CC(=O)NC1=O. The van der Waals surface area contributed by atoms with Crippen LogP contribution < -0.4 is 10.6 Å². The zero-order valence-corrected chi connectivity index (χ0v) is 14.1. The van der Waals surface area contributed by atoms with Gasteiger partial charge in [0.25, 0.3) is 5.91 Å². The molecule has 0 aromatic carbocycles. The molecule has 0 aromatic heterocycles. The molecule has 0 saturated carbocycles. The Labute approximate surface area is 139 Å². The fourth-order valence-corrected chi connectivity index (χ4v) is 2.30. The predicted octanol–water partition coefficient (Wildman–Crippen LogP) is 0.593. The lowest BCUT2D eigenvalue weighted by molar-refractivity contribution is -0.156. The Morgan fingerprint density at radius 2 is 2.17 bits per heavy atom. The van der Waals surface area contributed by atoms with Crippen molar-refractivity contribution >= 4 is 35.6 Å². The molecule has 1 unspecified atom stereocenters. The first kappa shape index (κ1) is 19.3. The zero-order valence-electron chi connectivity index (χ0n) is 13.3. The number of rotatable bonds is 9. The Morgan fingerprint density at radius 3 is 2.74 bits per heavy atom. The van der Waals surface area contributed by atoms with Gasteiger partial charge < -0.3 is 14.8 Å². The fraction of sp³-hybridized carbons (Fsp3) is 0.714. The van der Waals surface area contributed by atoms with E-state index in [0.29, 0.717) is 12.2 Å². The van der Waals surface area contributed by atoms with Crippen LogP contribution >= 0.6 is 11.8 Å². The summed E-state index contributed by atoms with van der Waals surface area (Å²) in [5.41, 5.74) is 0. The van der Waals surface area contributed by atoms with Crippen LogP contribution in [0.1, 0.15) is 32.6 Å². The highest BCUT2D eigenvalue weighted by atomic mass is 32.2. The van der Waals surface area contributed by atoms with E-state index in [4.69, 9.17) is 9.47 Å². The van der Waals surface area contributed by atoms with Gasteiger partial charge >= 0.3 is 12.1 Å². The molecule has 0 aromatic rings. The van der Waals surface area contributed by atoms with Crippen LogP contribution in [0.25, 0.3) is 0 Å². The Balaban J connectivity index is 2.54. The summed E-state index contributed by atoms with van der Waals surface area (Å²) in [6.45, 7) is 2.24. The van der Waals surface area contributed by atoms with Crippen LogP contribution in [0, 0.1) is 0 Å². The summed E-state index contributed by atoms with van der Waals surface area (Å²) in [6, 6.07) is -0.917. The quantitative estimate of drug-likeness (QED) is 0.357. The van der Waals surface area contributed by atoms with Gasteiger partial charge in [-0.15, -0.1) is 0 Å². The number of nitrogens with one attached hydrogen (secondary N) is 2. The zero-order chi connectivity index (χ0) is 17.2. The van der Waals surface area contributed by atoms with Gasteiger partial charge in [-0.3, -0.25) is 14.9 Å². The van der Waals surface area contributed by atoms with Crippen molar-refractivity contribution in [1.29, 1.82) is 0 Å². The number of carbonyl (C=O) groups is 4. The molecule has 23 heavy (non-hydrogen) atoms. The molecule has 2 atom stereocenters. The number of carbonyl (C=O) groups excluding carboxylic acids is 4. The predicted molar refractivity (Wildman–Crippen MR) is 83.8 cm³/mol. The normalized spacial score (nSPS) is 18.3. The lowest BCUT2D eigenvalue weighted by Crippen LogP contribution is -2.44. The Hall–Kier alpha value is -1.77. The third-order valence-electron chi connectivity index (χ3n) is 3.10. The number of hydrogen-bond donors (Lipinski definition) is 2. The van der Waals surface area contributed by atoms with Gasteiger partial charge in [-0.25, -0.2) is 9.59 Å². The molecule has 1 heterocycles. The summed E-state index contributed by atoms with van der Waals surface area (Å²) >= 11 is 1.51. The minimum Gasteiger partial charge on any atom is -0.450 e. The topological polar surface area (TPSA) is 111 Å². The van der Waals surface area contributed by atoms with Gasteiger partial charge in [0, 0.05) is 0 Å². The number of esters is 1. The average Bonchev–Trinajstić information content (AvgIpc) is 2.81. The van der Waals surface area contributed by atoms with Crippen LogP contribution in [0.2, 0.25) is 0 Å². The lowest BCUT2D eigenvalue weighted by Gasteiger charge is -2.18. The molecule has 2 N–H and O–H groups in total. The van der Waals surface area contributed by atoms with Gasteiger partial charge in [-0.1, -0.05) is 13.3 Å². The van der Waals surface area contributed by atoms with E-state index in [9.17, 15) is 19.2 Å². The first-order valence-corrected chi connectivity index (χ1v) is 8.83. The molecule has 9 heteroatoms. The van der Waals surface area contributed by atoms with Gasteiger partial charge in [-0.2, -0.15) is 11.8 Å². The Kier molecular flexibility index (Phi) is 8.46.